The summed E-state index contributed by atoms with van der Waals surface area (Å²) < 4.78 is 0. The lowest BCUT2D eigenvalue weighted by Gasteiger charge is -2.20. The fourth-order valence-electron chi connectivity index (χ4n) is 2.35. The zero-order chi connectivity index (χ0) is 12.7. The molecule has 3 heteroatoms. The Morgan fingerprint density at radius 1 is 1.47 bits per heavy atom. The molecular weight excluding hydrogens is 230 g/mol. The maximum absolute atomic E-state index is 11.4. The van der Waals surface area contributed by atoms with Gasteiger partial charge in [0.15, 0.2) is 0 Å². The number of nitrogens with zero attached hydrogens (tertiary/aromatic N) is 1. The highest BCUT2D eigenvalue weighted by Crippen LogP contribution is 2.39. The molecule has 1 aromatic rings. The van der Waals surface area contributed by atoms with Crippen LogP contribution in [0.5, 0.6) is 0 Å². The summed E-state index contributed by atoms with van der Waals surface area (Å²) in [6.07, 6.45) is 3.47. The van der Waals surface area contributed by atoms with Gasteiger partial charge >= 0.3 is 0 Å². The van der Waals surface area contributed by atoms with Gasteiger partial charge in [-0.1, -0.05) is 27.7 Å². The number of hydrogen-bond donors (Lipinski definition) is 0. The minimum absolute atomic E-state index is 0.126. The van der Waals surface area contributed by atoms with Crippen molar-refractivity contribution in [1.82, 2.24) is 4.98 Å². The van der Waals surface area contributed by atoms with E-state index in [0.717, 1.165) is 25.7 Å². The van der Waals surface area contributed by atoms with E-state index in [9.17, 15) is 4.79 Å². The first-order chi connectivity index (χ1) is 7.78. The van der Waals surface area contributed by atoms with Gasteiger partial charge in [0.1, 0.15) is 5.78 Å². The van der Waals surface area contributed by atoms with E-state index in [4.69, 9.17) is 4.98 Å². The van der Waals surface area contributed by atoms with E-state index in [0.29, 0.717) is 5.78 Å². The molecule has 0 saturated heterocycles. The largest absolute Gasteiger partial charge is 0.300 e. The number of thiazole rings is 1. The fourth-order valence-corrected chi connectivity index (χ4v) is 3.58. The van der Waals surface area contributed by atoms with E-state index >= 15 is 0 Å². The van der Waals surface area contributed by atoms with Crippen molar-refractivity contribution in [2.75, 3.05) is 0 Å². The number of Topliss-reactive ketones (excluding diaryl/α,β-unsaturated/α-hetero) is 1. The van der Waals surface area contributed by atoms with Crippen LogP contribution in [0.3, 0.4) is 0 Å². The zero-order valence-electron chi connectivity index (χ0n) is 11.2. The summed E-state index contributed by atoms with van der Waals surface area (Å²) in [5.74, 6) is 0.417. The topological polar surface area (TPSA) is 30.0 Å². The Kier molecular flexibility index (Phi) is 3.15. The van der Waals surface area contributed by atoms with Gasteiger partial charge in [0.25, 0.3) is 0 Å². The molecule has 0 bridgehead atoms. The van der Waals surface area contributed by atoms with E-state index in [2.05, 4.69) is 33.1 Å². The number of hydrogen-bond acceptors (Lipinski definition) is 3. The Morgan fingerprint density at radius 3 is 2.65 bits per heavy atom. The molecule has 2 nitrogen and oxygen atoms in total. The molecule has 94 valence electrons. The van der Waals surface area contributed by atoms with E-state index < -0.39 is 0 Å². The Labute approximate surface area is 107 Å². The molecule has 2 rings (SSSR count). The van der Waals surface area contributed by atoms with Crippen LogP contribution in [0, 0.1) is 5.41 Å². The quantitative estimate of drug-likeness (QED) is 0.801. The van der Waals surface area contributed by atoms with Gasteiger partial charge in [-0.25, -0.2) is 4.98 Å². The Hall–Kier alpha value is -0.700. The summed E-state index contributed by atoms with van der Waals surface area (Å²) in [5, 5.41) is 3.35. The lowest BCUT2D eigenvalue weighted by atomic mass is 9.85. The molecule has 17 heavy (non-hydrogen) atoms. The van der Waals surface area contributed by atoms with Crippen LogP contribution < -0.4 is 0 Å². The van der Waals surface area contributed by atoms with Crippen molar-refractivity contribution in [1.29, 1.82) is 0 Å². The van der Waals surface area contributed by atoms with Gasteiger partial charge in [0.2, 0.25) is 0 Å². The summed E-state index contributed by atoms with van der Waals surface area (Å²) in [6, 6.07) is 0. The van der Waals surface area contributed by atoms with E-state index in [1.165, 1.54) is 10.7 Å². The Balaban J connectivity index is 2.09. The van der Waals surface area contributed by atoms with Crippen LogP contribution in [-0.2, 0) is 16.6 Å². The second-order valence-corrected chi connectivity index (χ2v) is 7.52. The van der Waals surface area contributed by atoms with E-state index in [-0.39, 0.29) is 10.8 Å². The van der Waals surface area contributed by atoms with Gasteiger partial charge in [-0.05, 0) is 11.8 Å². The molecule has 0 aliphatic heterocycles. The maximum atomic E-state index is 11.4. The minimum Gasteiger partial charge on any atom is -0.300 e. The molecule has 1 aliphatic rings. The van der Waals surface area contributed by atoms with Crippen LogP contribution in [0.25, 0.3) is 0 Å². The minimum atomic E-state index is 0.126. The first-order valence-corrected chi connectivity index (χ1v) is 7.13. The maximum Gasteiger partial charge on any atom is 0.133 e. The van der Waals surface area contributed by atoms with Gasteiger partial charge < -0.3 is 0 Å². The number of rotatable bonds is 2. The highest BCUT2D eigenvalue weighted by Gasteiger charge is 2.35. The van der Waals surface area contributed by atoms with Gasteiger partial charge in [-0.2, -0.15) is 0 Å². The summed E-state index contributed by atoms with van der Waals surface area (Å²) in [5.41, 5.74) is 1.45. The number of carbonyl (C=O) groups is 1. The van der Waals surface area contributed by atoms with Crippen molar-refractivity contribution in [2.24, 2.45) is 5.41 Å². The van der Waals surface area contributed by atoms with Gasteiger partial charge in [-0.15, -0.1) is 11.3 Å². The summed E-state index contributed by atoms with van der Waals surface area (Å²) in [4.78, 5) is 16.1. The third kappa shape index (κ3) is 2.95. The molecule has 0 N–H and O–H groups in total. The van der Waals surface area contributed by atoms with Crippen molar-refractivity contribution in [3.63, 3.8) is 0 Å². The fraction of sp³-hybridized carbons (Fsp3) is 0.714. The average Bonchev–Trinajstić information content (AvgIpc) is 2.73. The molecule has 1 atom stereocenters. The van der Waals surface area contributed by atoms with Crippen LogP contribution in [0.1, 0.15) is 57.7 Å². The van der Waals surface area contributed by atoms with Gasteiger partial charge in [-0.3, -0.25) is 4.79 Å². The van der Waals surface area contributed by atoms with E-state index in [1.54, 1.807) is 11.3 Å². The van der Waals surface area contributed by atoms with E-state index in [1.807, 2.05) is 0 Å². The van der Waals surface area contributed by atoms with Crippen LogP contribution >= 0.6 is 11.3 Å². The molecule has 0 amide bonds. The molecular formula is C14H21NOS. The standard InChI is InChI=1S/C14H21NOS/c1-13(2,3)11-9-17-12(15-11)8-14(4)6-5-10(16)7-14/h9H,5-8H2,1-4H3. The molecule has 1 unspecified atom stereocenters. The second kappa shape index (κ2) is 4.20. The number of ketones is 1. The van der Waals surface area contributed by atoms with Crippen LogP contribution in [0.4, 0.5) is 0 Å². The van der Waals surface area contributed by atoms with Gasteiger partial charge in [0, 0.05) is 30.1 Å². The first kappa shape index (κ1) is 12.7. The molecule has 0 spiro atoms. The van der Waals surface area contributed by atoms with Crippen LogP contribution in [0.2, 0.25) is 0 Å². The smallest absolute Gasteiger partial charge is 0.133 e. The molecule has 1 saturated carbocycles. The predicted molar refractivity (Wildman–Crippen MR) is 71.5 cm³/mol. The third-order valence-electron chi connectivity index (χ3n) is 3.53. The SMILES string of the molecule is CC1(Cc2nc(C(C)(C)C)cs2)CCC(=O)C1. The normalized spacial score (nSPS) is 25.5. The molecule has 1 aliphatic carbocycles. The second-order valence-electron chi connectivity index (χ2n) is 6.58. The molecule has 0 radical (unpaired) electrons. The predicted octanol–water partition coefficient (Wildman–Crippen LogP) is 3.74. The molecule has 0 aromatic carbocycles. The third-order valence-corrected chi connectivity index (χ3v) is 4.38. The number of aromatic nitrogens is 1. The summed E-state index contributed by atoms with van der Waals surface area (Å²) >= 11 is 1.74. The summed E-state index contributed by atoms with van der Waals surface area (Å²) in [7, 11) is 0. The zero-order valence-corrected chi connectivity index (χ0v) is 12.0. The van der Waals surface area contributed by atoms with Crippen molar-refractivity contribution >= 4 is 17.1 Å². The van der Waals surface area contributed by atoms with Crippen molar-refractivity contribution in [3.8, 4) is 0 Å². The van der Waals surface area contributed by atoms with Crippen LogP contribution in [-0.4, -0.2) is 10.8 Å². The molecule has 1 aromatic heterocycles. The Bertz CT molecular complexity index is 430. The first-order valence-electron chi connectivity index (χ1n) is 6.25. The highest BCUT2D eigenvalue weighted by atomic mass is 32.1. The van der Waals surface area contributed by atoms with Crippen molar-refractivity contribution in [3.05, 3.63) is 16.1 Å². The molecule has 1 heterocycles. The number of carbonyl (C=O) groups excluding carboxylic acids is 1. The lowest BCUT2D eigenvalue weighted by molar-refractivity contribution is -0.117. The van der Waals surface area contributed by atoms with Crippen LogP contribution in [0.15, 0.2) is 5.38 Å². The lowest BCUT2D eigenvalue weighted by Crippen LogP contribution is -2.16. The van der Waals surface area contributed by atoms with Crippen molar-refractivity contribution < 1.29 is 4.79 Å². The average molecular weight is 251 g/mol. The Morgan fingerprint density at radius 2 is 2.18 bits per heavy atom. The van der Waals surface area contributed by atoms with Gasteiger partial charge in [0.05, 0.1) is 10.7 Å². The summed E-state index contributed by atoms with van der Waals surface area (Å²) in [6.45, 7) is 8.78. The highest BCUT2D eigenvalue weighted by molar-refractivity contribution is 7.09. The van der Waals surface area contributed by atoms with Crippen molar-refractivity contribution in [2.45, 2.75) is 58.8 Å². The monoisotopic (exact) mass is 251 g/mol. The molecule has 1 fully saturated rings.